The fraction of sp³-hybridized carbons (Fsp3) is 0.0455. The largest absolute Gasteiger partial charge is 0.262 e. The van der Waals surface area contributed by atoms with Crippen molar-refractivity contribution in [2.45, 2.75) is 6.92 Å². The van der Waals surface area contributed by atoms with Crippen LogP contribution in [0.4, 0.5) is 0 Å². The smallest absolute Gasteiger partial charge is 0.101 e. The Morgan fingerprint density at radius 3 is 1.96 bits per heavy atom. The number of rotatable bonds is 3. The van der Waals surface area contributed by atoms with E-state index in [0.29, 0.717) is 0 Å². The maximum atomic E-state index is 4.91. The van der Waals surface area contributed by atoms with Crippen LogP contribution in [0, 0.1) is 13.0 Å². The number of aromatic nitrogens is 2. The Morgan fingerprint density at radius 2 is 1.36 bits per heavy atom. The van der Waals surface area contributed by atoms with Crippen LogP contribution in [-0.2, 0) is 21.1 Å². The van der Waals surface area contributed by atoms with E-state index >= 15 is 0 Å². The van der Waals surface area contributed by atoms with E-state index in [1.807, 2.05) is 53.2 Å². The third-order valence-corrected chi connectivity index (χ3v) is 4.15. The maximum absolute atomic E-state index is 4.91. The third kappa shape index (κ3) is 3.36. The third-order valence-electron chi connectivity index (χ3n) is 4.15. The first-order chi connectivity index (χ1) is 11.8. The molecule has 0 aliphatic heterocycles. The molecule has 126 valence electrons. The second kappa shape index (κ2) is 7.63. The van der Waals surface area contributed by atoms with Gasteiger partial charge in [-0.15, -0.1) is 6.07 Å². The molecule has 4 rings (SSSR count). The topological polar surface area (TPSA) is 17.8 Å². The average Bonchev–Trinajstić information content (AvgIpc) is 3.01. The number of hydrogen-bond acceptors (Lipinski definition) is 1. The first kappa shape index (κ1) is 17.4. The number of benzene rings is 3. The minimum Gasteiger partial charge on any atom is -0.262 e. The summed E-state index contributed by atoms with van der Waals surface area (Å²) in [5, 5.41) is 4.91. The molecule has 0 aliphatic carbocycles. The van der Waals surface area contributed by atoms with Gasteiger partial charge in [0, 0.05) is 37.9 Å². The summed E-state index contributed by atoms with van der Waals surface area (Å²) in [4.78, 5) is 0. The summed E-state index contributed by atoms with van der Waals surface area (Å²) in [6.45, 7) is 2.11. The van der Waals surface area contributed by atoms with E-state index in [-0.39, 0.29) is 21.1 Å². The summed E-state index contributed by atoms with van der Waals surface area (Å²) in [5.74, 6) is 0. The molecule has 0 atom stereocenters. The molecule has 3 heteroatoms. The van der Waals surface area contributed by atoms with Crippen molar-refractivity contribution < 1.29 is 21.1 Å². The SMILES string of the molecule is Cc1c(-c2ccccc2)c(-c2ccccc2)nn1-c1[c-]cccc1.[Pt]. The fourth-order valence-corrected chi connectivity index (χ4v) is 3.00. The van der Waals surface area contributed by atoms with Gasteiger partial charge in [0.2, 0.25) is 0 Å². The van der Waals surface area contributed by atoms with Crippen LogP contribution >= 0.6 is 0 Å². The number of nitrogens with zero attached hydrogens (tertiary/aromatic N) is 2. The Morgan fingerprint density at radius 1 is 0.760 bits per heavy atom. The summed E-state index contributed by atoms with van der Waals surface area (Å²) >= 11 is 0. The fourth-order valence-electron chi connectivity index (χ4n) is 3.00. The monoisotopic (exact) mass is 504 g/mol. The maximum Gasteiger partial charge on any atom is 0.101 e. The molecule has 0 fully saturated rings. The van der Waals surface area contributed by atoms with Crippen LogP contribution in [-0.4, -0.2) is 9.78 Å². The van der Waals surface area contributed by atoms with Crippen molar-refractivity contribution in [2.24, 2.45) is 0 Å². The van der Waals surface area contributed by atoms with Crippen molar-refractivity contribution >= 4 is 0 Å². The zero-order chi connectivity index (χ0) is 16.4. The first-order valence-electron chi connectivity index (χ1n) is 8.02. The minimum absolute atomic E-state index is 0. The van der Waals surface area contributed by atoms with Gasteiger partial charge in [-0.3, -0.25) is 4.68 Å². The van der Waals surface area contributed by atoms with E-state index in [2.05, 4.69) is 49.4 Å². The Kier molecular flexibility index (Phi) is 5.30. The normalized spacial score (nSPS) is 10.3. The van der Waals surface area contributed by atoms with Gasteiger partial charge in [-0.05, 0) is 18.2 Å². The van der Waals surface area contributed by atoms with Crippen LogP contribution in [0.1, 0.15) is 5.69 Å². The summed E-state index contributed by atoms with van der Waals surface area (Å²) in [6.07, 6.45) is 0. The zero-order valence-corrected chi connectivity index (χ0v) is 16.1. The predicted octanol–water partition coefficient (Wildman–Crippen LogP) is 5.31. The Bertz CT molecular complexity index is 946. The summed E-state index contributed by atoms with van der Waals surface area (Å²) in [6, 6.07) is 32.0. The van der Waals surface area contributed by atoms with Gasteiger partial charge in [0.05, 0.1) is 0 Å². The molecule has 25 heavy (non-hydrogen) atoms. The van der Waals surface area contributed by atoms with Crippen LogP contribution < -0.4 is 0 Å². The molecule has 0 amide bonds. The molecule has 0 saturated heterocycles. The van der Waals surface area contributed by atoms with Gasteiger partial charge < -0.3 is 0 Å². The van der Waals surface area contributed by atoms with E-state index < -0.39 is 0 Å². The molecule has 0 unspecified atom stereocenters. The van der Waals surface area contributed by atoms with Crippen molar-refractivity contribution in [1.29, 1.82) is 0 Å². The van der Waals surface area contributed by atoms with Gasteiger partial charge in [-0.1, -0.05) is 60.7 Å². The first-order valence-corrected chi connectivity index (χ1v) is 8.02. The summed E-state index contributed by atoms with van der Waals surface area (Å²) in [7, 11) is 0. The van der Waals surface area contributed by atoms with Crippen molar-refractivity contribution in [3.63, 3.8) is 0 Å². The van der Waals surface area contributed by atoms with Crippen molar-refractivity contribution in [3.05, 3.63) is 96.7 Å². The number of hydrogen-bond donors (Lipinski definition) is 0. The Labute approximate surface area is 162 Å². The van der Waals surface area contributed by atoms with Crippen molar-refractivity contribution in [3.8, 4) is 28.1 Å². The summed E-state index contributed by atoms with van der Waals surface area (Å²) < 4.78 is 1.98. The van der Waals surface area contributed by atoms with Crippen LogP contribution in [0.2, 0.25) is 0 Å². The van der Waals surface area contributed by atoms with Crippen LogP contribution in [0.5, 0.6) is 0 Å². The molecule has 1 aromatic heterocycles. The standard InChI is InChI=1S/C22H17N2.Pt/c1-17-21(18-11-5-2-6-12-18)22(19-13-7-3-8-14-19)23-24(17)20-15-9-4-10-16-20;/h2-15H,1H3;/q-1;. The van der Waals surface area contributed by atoms with Crippen LogP contribution in [0.25, 0.3) is 28.1 Å². The van der Waals surface area contributed by atoms with E-state index in [9.17, 15) is 0 Å². The van der Waals surface area contributed by atoms with E-state index in [1.165, 1.54) is 11.1 Å². The van der Waals surface area contributed by atoms with Crippen molar-refractivity contribution in [1.82, 2.24) is 9.78 Å². The van der Waals surface area contributed by atoms with Gasteiger partial charge in [-0.25, -0.2) is 0 Å². The Hall–Kier alpha value is -2.44. The van der Waals surface area contributed by atoms with E-state index in [4.69, 9.17) is 5.10 Å². The molecular weight excluding hydrogens is 487 g/mol. The average molecular weight is 504 g/mol. The second-order valence-electron chi connectivity index (χ2n) is 5.70. The van der Waals surface area contributed by atoms with Gasteiger partial charge in [-0.2, -0.15) is 29.4 Å². The second-order valence-corrected chi connectivity index (χ2v) is 5.70. The van der Waals surface area contributed by atoms with E-state index in [1.54, 1.807) is 0 Å². The molecule has 0 aliphatic rings. The zero-order valence-electron chi connectivity index (χ0n) is 13.8. The predicted molar refractivity (Wildman–Crippen MR) is 98.0 cm³/mol. The molecule has 3 aromatic carbocycles. The van der Waals surface area contributed by atoms with Gasteiger partial charge >= 0.3 is 0 Å². The summed E-state index contributed by atoms with van der Waals surface area (Å²) in [5.41, 5.74) is 6.53. The van der Waals surface area contributed by atoms with Crippen LogP contribution in [0.3, 0.4) is 0 Å². The molecule has 0 radical (unpaired) electrons. The molecule has 0 saturated carbocycles. The quantitative estimate of drug-likeness (QED) is 0.346. The molecule has 0 spiro atoms. The number of para-hydroxylation sites is 1. The van der Waals surface area contributed by atoms with Gasteiger partial charge in [0.1, 0.15) is 5.69 Å². The van der Waals surface area contributed by atoms with Crippen molar-refractivity contribution in [2.75, 3.05) is 0 Å². The minimum atomic E-state index is 0. The molecule has 2 nitrogen and oxygen atoms in total. The molecule has 4 aromatic rings. The molecule has 0 bridgehead atoms. The Balaban J connectivity index is 0.00000182. The molecule has 1 heterocycles. The van der Waals surface area contributed by atoms with Gasteiger partial charge in [0.25, 0.3) is 0 Å². The molecule has 0 N–H and O–H groups in total. The van der Waals surface area contributed by atoms with E-state index in [0.717, 1.165) is 22.6 Å². The molecular formula is C22H17N2Pt-. The van der Waals surface area contributed by atoms with Gasteiger partial charge in [0.15, 0.2) is 0 Å². The van der Waals surface area contributed by atoms with Crippen LogP contribution in [0.15, 0.2) is 84.9 Å².